The summed E-state index contributed by atoms with van der Waals surface area (Å²) in [5.74, 6) is 0.0167. The van der Waals surface area contributed by atoms with Crippen molar-refractivity contribution < 1.29 is 9.90 Å². The van der Waals surface area contributed by atoms with Gasteiger partial charge in [-0.15, -0.1) is 12.4 Å². The third kappa shape index (κ3) is 2.81. The zero-order valence-corrected chi connectivity index (χ0v) is 11.4. The molecular formula is C15H13ClN2O2. The molecule has 0 bridgehead atoms. The summed E-state index contributed by atoms with van der Waals surface area (Å²) in [6, 6.07) is 11.2. The molecule has 102 valence electrons. The molecule has 0 atom stereocenters. The standard InChI is InChI=1S/C15H12N2O2.ClH/c18-15(19)13-4-3-11-7-10(1-2-12(11)9-13)8-14-16-5-6-17-14;/h1-7,9H,8H2,(H,16,17)(H,18,19);1H. The molecule has 20 heavy (non-hydrogen) atoms. The molecule has 3 rings (SSSR count). The van der Waals surface area contributed by atoms with Gasteiger partial charge in [-0.3, -0.25) is 0 Å². The van der Waals surface area contributed by atoms with E-state index in [1.807, 2.05) is 18.2 Å². The summed E-state index contributed by atoms with van der Waals surface area (Å²) in [5, 5.41) is 10.9. The number of fused-ring (bicyclic) bond motifs is 1. The van der Waals surface area contributed by atoms with E-state index in [0.717, 1.165) is 28.6 Å². The Morgan fingerprint density at radius 1 is 1.15 bits per heavy atom. The fourth-order valence-corrected chi connectivity index (χ4v) is 2.13. The Hall–Kier alpha value is -2.33. The minimum atomic E-state index is -0.901. The first-order valence-corrected chi connectivity index (χ1v) is 5.96. The predicted molar refractivity (Wildman–Crippen MR) is 79.5 cm³/mol. The summed E-state index contributed by atoms with van der Waals surface area (Å²) >= 11 is 0. The van der Waals surface area contributed by atoms with E-state index in [1.54, 1.807) is 24.5 Å². The first-order chi connectivity index (χ1) is 9.22. The van der Waals surface area contributed by atoms with Crippen LogP contribution < -0.4 is 0 Å². The number of carboxylic acids is 1. The van der Waals surface area contributed by atoms with Crippen LogP contribution in [0.25, 0.3) is 10.8 Å². The number of aromatic nitrogens is 2. The van der Waals surface area contributed by atoms with Crippen molar-refractivity contribution in [2.75, 3.05) is 0 Å². The lowest BCUT2D eigenvalue weighted by atomic mass is 10.0. The lowest BCUT2D eigenvalue weighted by molar-refractivity contribution is 0.0697. The quantitative estimate of drug-likeness (QED) is 0.777. The third-order valence-corrected chi connectivity index (χ3v) is 3.08. The molecule has 0 saturated heterocycles. The zero-order chi connectivity index (χ0) is 13.2. The lowest BCUT2D eigenvalue weighted by Crippen LogP contribution is -1.95. The Labute approximate surface area is 121 Å². The molecule has 1 heterocycles. The van der Waals surface area contributed by atoms with Crippen molar-refractivity contribution in [3.05, 3.63) is 65.7 Å². The third-order valence-electron chi connectivity index (χ3n) is 3.08. The molecule has 0 amide bonds. The van der Waals surface area contributed by atoms with E-state index in [9.17, 15) is 4.79 Å². The topological polar surface area (TPSA) is 66.0 Å². The fourth-order valence-electron chi connectivity index (χ4n) is 2.13. The summed E-state index contributed by atoms with van der Waals surface area (Å²) < 4.78 is 0. The van der Waals surface area contributed by atoms with Gasteiger partial charge in [-0.25, -0.2) is 9.78 Å². The van der Waals surface area contributed by atoms with Crippen molar-refractivity contribution in [3.63, 3.8) is 0 Å². The maximum atomic E-state index is 10.9. The van der Waals surface area contributed by atoms with Crippen molar-refractivity contribution in [1.29, 1.82) is 0 Å². The summed E-state index contributed by atoms with van der Waals surface area (Å²) in [5.41, 5.74) is 1.46. The number of hydrogen-bond donors (Lipinski definition) is 2. The highest BCUT2D eigenvalue weighted by molar-refractivity contribution is 5.94. The predicted octanol–water partition coefficient (Wildman–Crippen LogP) is 3.27. The molecule has 2 aromatic carbocycles. The molecule has 0 unspecified atom stereocenters. The number of carboxylic acid groups (broad SMARTS) is 1. The van der Waals surface area contributed by atoms with E-state index in [2.05, 4.69) is 16.0 Å². The van der Waals surface area contributed by atoms with E-state index < -0.39 is 5.97 Å². The monoisotopic (exact) mass is 288 g/mol. The number of aromatic carboxylic acids is 1. The Kier molecular flexibility index (Phi) is 4.05. The highest BCUT2D eigenvalue weighted by atomic mass is 35.5. The van der Waals surface area contributed by atoms with Crippen molar-refractivity contribution in [1.82, 2.24) is 9.97 Å². The second kappa shape index (κ2) is 5.75. The van der Waals surface area contributed by atoms with Crippen LogP contribution in [0.5, 0.6) is 0 Å². The number of benzene rings is 2. The van der Waals surface area contributed by atoms with Crippen LogP contribution in [0.15, 0.2) is 48.8 Å². The molecule has 0 fully saturated rings. The van der Waals surface area contributed by atoms with E-state index in [1.165, 1.54) is 0 Å². The van der Waals surface area contributed by atoms with Crippen molar-refractivity contribution in [3.8, 4) is 0 Å². The highest BCUT2D eigenvalue weighted by Crippen LogP contribution is 2.19. The second-order valence-electron chi connectivity index (χ2n) is 4.41. The van der Waals surface area contributed by atoms with Gasteiger partial charge < -0.3 is 10.1 Å². The first-order valence-electron chi connectivity index (χ1n) is 5.96. The second-order valence-corrected chi connectivity index (χ2v) is 4.41. The van der Waals surface area contributed by atoms with Gasteiger partial charge in [0, 0.05) is 18.8 Å². The van der Waals surface area contributed by atoms with Crippen LogP contribution in [0.2, 0.25) is 0 Å². The molecule has 0 aliphatic heterocycles. The lowest BCUT2D eigenvalue weighted by Gasteiger charge is -2.03. The number of H-pyrrole nitrogens is 1. The molecule has 4 nitrogen and oxygen atoms in total. The average molecular weight is 289 g/mol. The van der Waals surface area contributed by atoms with Gasteiger partial charge in [0.1, 0.15) is 5.82 Å². The number of aromatic amines is 1. The van der Waals surface area contributed by atoms with Gasteiger partial charge in [0.15, 0.2) is 0 Å². The van der Waals surface area contributed by atoms with Crippen LogP contribution in [0, 0.1) is 0 Å². The Balaban J connectivity index is 0.00000147. The fraction of sp³-hybridized carbons (Fsp3) is 0.0667. The van der Waals surface area contributed by atoms with Gasteiger partial charge in [0.25, 0.3) is 0 Å². The summed E-state index contributed by atoms with van der Waals surface area (Å²) in [6.45, 7) is 0. The zero-order valence-electron chi connectivity index (χ0n) is 10.5. The molecule has 0 saturated carbocycles. The van der Waals surface area contributed by atoms with Crippen molar-refractivity contribution in [2.24, 2.45) is 0 Å². The Bertz CT molecular complexity index is 739. The number of nitrogens with one attached hydrogen (secondary N) is 1. The molecule has 5 heteroatoms. The number of nitrogens with zero attached hydrogens (tertiary/aromatic N) is 1. The van der Waals surface area contributed by atoms with Crippen LogP contribution in [-0.2, 0) is 6.42 Å². The number of halogens is 1. The maximum Gasteiger partial charge on any atom is 0.335 e. The normalized spacial score (nSPS) is 10.2. The van der Waals surface area contributed by atoms with Crippen LogP contribution in [0.1, 0.15) is 21.7 Å². The van der Waals surface area contributed by atoms with Crippen molar-refractivity contribution >= 4 is 29.1 Å². The summed E-state index contributed by atoms with van der Waals surface area (Å²) in [6.07, 6.45) is 4.27. The Morgan fingerprint density at radius 2 is 1.90 bits per heavy atom. The van der Waals surface area contributed by atoms with E-state index in [-0.39, 0.29) is 12.4 Å². The highest BCUT2D eigenvalue weighted by Gasteiger charge is 2.05. The number of imidazole rings is 1. The number of carbonyl (C=O) groups is 1. The average Bonchev–Trinajstić information content (AvgIpc) is 2.91. The van der Waals surface area contributed by atoms with Gasteiger partial charge in [-0.1, -0.05) is 24.3 Å². The molecule has 3 aromatic rings. The summed E-state index contributed by atoms with van der Waals surface area (Å²) in [7, 11) is 0. The van der Waals surface area contributed by atoms with E-state index >= 15 is 0 Å². The minimum absolute atomic E-state index is 0. The van der Waals surface area contributed by atoms with Gasteiger partial charge in [-0.2, -0.15) is 0 Å². The molecule has 0 radical (unpaired) electrons. The Morgan fingerprint density at radius 3 is 2.60 bits per heavy atom. The largest absolute Gasteiger partial charge is 0.478 e. The molecular weight excluding hydrogens is 276 g/mol. The van der Waals surface area contributed by atoms with Crippen LogP contribution in [-0.4, -0.2) is 21.0 Å². The molecule has 0 aliphatic carbocycles. The minimum Gasteiger partial charge on any atom is -0.478 e. The van der Waals surface area contributed by atoms with E-state index in [4.69, 9.17) is 5.11 Å². The number of rotatable bonds is 3. The smallest absolute Gasteiger partial charge is 0.335 e. The summed E-state index contributed by atoms with van der Waals surface area (Å²) in [4.78, 5) is 18.2. The molecule has 1 aromatic heterocycles. The van der Waals surface area contributed by atoms with Gasteiger partial charge >= 0.3 is 5.97 Å². The number of hydrogen-bond acceptors (Lipinski definition) is 2. The van der Waals surface area contributed by atoms with Crippen molar-refractivity contribution in [2.45, 2.75) is 6.42 Å². The van der Waals surface area contributed by atoms with Gasteiger partial charge in [0.2, 0.25) is 0 Å². The molecule has 0 aliphatic rings. The van der Waals surface area contributed by atoms with Gasteiger partial charge in [-0.05, 0) is 28.5 Å². The molecule has 2 N–H and O–H groups in total. The van der Waals surface area contributed by atoms with Crippen LogP contribution in [0.4, 0.5) is 0 Å². The van der Waals surface area contributed by atoms with Crippen LogP contribution >= 0.6 is 12.4 Å². The van der Waals surface area contributed by atoms with Crippen LogP contribution in [0.3, 0.4) is 0 Å². The van der Waals surface area contributed by atoms with Gasteiger partial charge in [0.05, 0.1) is 5.56 Å². The maximum absolute atomic E-state index is 10.9. The molecule has 0 spiro atoms. The SMILES string of the molecule is Cl.O=C(O)c1ccc2cc(Cc3ncc[nH]3)ccc2c1. The van der Waals surface area contributed by atoms with E-state index in [0.29, 0.717) is 5.56 Å². The first kappa shape index (κ1) is 14.1.